The number of nitrogens with one attached hydrogen (secondary N) is 1. The number of thiophene rings is 1. The highest BCUT2D eigenvalue weighted by atomic mass is 35.5. The lowest BCUT2D eigenvalue weighted by Gasteiger charge is -2.10. The van der Waals surface area contributed by atoms with E-state index in [1.165, 1.54) is 0 Å². The Morgan fingerprint density at radius 1 is 1.07 bits per heavy atom. The summed E-state index contributed by atoms with van der Waals surface area (Å²) in [6, 6.07) is 16.0. The smallest absolute Gasteiger partial charge is 0.257 e. The number of aromatic nitrogens is 1. The molecule has 0 fully saturated rings. The third-order valence-corrected chi connectivity index (χ3v) is 5.60. The first-order valence-corrected chi connectivity index (χ1v) is 10.1. The van der Waals surface area contributed by atoms with Crippen LogP contribution in [0.4, 0.5) is 0 Å². The van der Waals surface area contributed by atoms with E-state index in [4.69, 9.17) is 27.9 Å². The summed E-state index contributed by atoms with van der Waals surface area (Å²) >= 11 is 13.6. The van der Waals surface area contributed by atoms with Crippen molar-refractivity contribution in [1.29, 1.82) is 0 Å². The molecule has 4 aromatic rings. The van der Waals surface area contributed by atoms with Crippen LogP contribution in [-0.4, -0.2) is 10.9 Å². The topological polar surface area (TPSA) is 51.2 Å². The number of carbonyl (C=O) groups excluding carboxylic acids is 1. The minimum Gasteiger partial charge on any atom is -0.438 e. The summed E-state index contributed by atoms with van der Waals surface area (Å²) in [5.41, 5.74) is 1.37. The number of pyridine rings is 1. The number of halogens is 2. The predicted octanol–water partition coefficient (Wildman–Crippen LogP) is 6.33. The standard InChI is InChI=1S/C21H14Cl2N2O2S/c22-14-3-6-16(7-4-14)27-21-17(2-1-9-24-21)20(26)25-11-13-12-28-19-8-5-15(23)10-18(13)19/h1-10,12H,11H2,(H,25,26). The van der Waals surface area contributed by atoms with E-state index in [0.717, 1.165) is 15.6 Å². The summed E-state index contributed by atoms with van der Waals surface area (Å²) in [7, 11) is 0. The fourth-order valence-electron chi connectivity index (χ4n) is 2.72. The second-order valence-corrected chi connectivity index (χ2v) is 7.78. The summed E-state index contributed by atoms with van der Waals surface area (Å²) in [6.07, 6.45) is 1.58. The quantitative estimate of drug-likeness (QED) is 0.404. The van der Waals surface area contributed by atoms with Gasteiger partial charge >= 0.3 is 0 Å². The van der Waals surface area contributed by atoms with Gasteiger partial charge < -0.3 is 10.1 Å². The van der Waals surface area contributed by atoms with Gasteiger partial charge in [0, 0.05) is 27.5 Å². The Hall–Kier alpha value is -2.60. The van der Waals surface area contributed by atoms with E-state index in [1.54, 1.807) is 53.9 Å². The van der Waals surface area contributed by atoms with Crippen molar-refractivity contribution < 1.29 is 9.53 Å². The molecule has 2 heterocycles. The van der Waals surface area contributed by atoms with Gasteiger partial charge in [-0.15, -0.1) is 11.3 Å². The van der Waals surface area contributed by atoms with Crippen LogP contribution in [0.25, 0.3) is 10.1 Å². The van der Waals surface area contributed by atoms with E-state index in [9.17, 15) is 4.79 Å². The number of amides is 1. The van der Waals surface area contributed by atoms with Crippen molar-refractivity contribution in [1.82, 2.24) is 10.3 Å². The highest BCUT2D eigenvalue weighted by Crippen LogP contribution is 2.29. The molecule has 7 heteroatoms. The third kappa shape index (κ3) is 4.12. The van der Waals surface area contributed by atoms with Crippen molar-refractivity contribution in [2.24, 2.45) is 0 Å². The molecule has 0 aliphatic rings. The van der Waals surface area contributed by atoms with Gasteiger partial charge in [-0.25, -0.2) is 4.98 Å². The van der Waals surface area contributed by atoms with Crippen LogP contribution in [0.1, 0.15) is 15.9 Å². The predicted molar refractivity (Wildman–Crippen MR) is 114 cm³/mol. The summed E-state index contributed by atoms with van der Waals surface area (Å²) < 4.78 is 6.89. The number of hydrogen-bond donors (Lipinski definition) is 1. The lowest BCUT2D eigenvalue weighted by Crippen LogP contribution is -2.23. The fourth-order valence-corrected chi connectivity index (χ4v) is 3.96. The van der Waals surface area contributed by atoms with Crippen molar-refractivity contribution in [3.8, 4) is 11.6 Å². The molecule has 0 aliphatic carbocycles. The molecular formula is C21H14Cl2N2O2S. The Bertz CT molecular complexity index is 1140. The van der Waals surface area contributed by atoms with Crippen LogP contribution in [0.5, 0.6) is 11.6 Å². The first-order chi connectivity index (χ1) is 13.6. The molecular weight excluding hydrogens is 415 g/mol. The molecule has 28 heavy (non-hydrogen) atoms. The molecule has 1 N–H and O–H groups in total. The van der Waals surface area contributed by atoms with Crippen LogP contribution in [0, 0.1) is 0 Å². The summed E-state index contributed by atoms with van der Waals surface area (Å²) in [6.45, 7) is 0.383. The van der Waals surface area contributed by atoms with Gasteiger partial charge in [0.05, 0.1) is 0 Å². The Morgan fingerprint density at radius 3 is 2.68 bits per heavy atom. The fraction of sp³-hybridized carbons (Fsp3) is 0.0476. The van der Waals surface area contributed by atoms with Crippen LogP contribution in [0.3, 0.4) is 0 Å². The van der Waals surface area contributed by atoms with E-state index in [2.05, 4.69) is 10.3 Å². The molecule has 0 radical (unpaired) electrons. The van der Waals surface area contributed by atoms with Crippen LogP contribution < -0.4 is 10.1 Å². The number of ether oxygens (including phenoxy) is 1. The third-order valence-electron chi connectivity index (χ3n) is 4.10. The Kier molecular flexibility index (Phi) is 5.48. The molecule has 0 aliphatic heterocycles. The van der Waals surface area contributed by atoms with E-state index < -0.39 is 0 Å². The summed E-state index contributed by atoms with van der Waals surface area (Å²) in [5.74, 6) is 0.523. The molecule has 4 nitrogen and oxygen atoms in total. The van der Waals surface area contributed by atoms with Gasteiger partial charge in [0.25, 0.3) is 5.91 Å². The van der Waals surface area contributed by atoms with Crippen LogP contribution in [0.15, 0.2) is 66.2 Å². The number of nitrogens with zero attached hydrogens (tertiary/aromatic N) is 1. The first kappa shape index (κ1) is 18.7. The Balaban J connectivity index is 1.51. The van der Waals surface area contributed by atoms with E-state index in [0.29, 0.717) is 27.9 Å². The van der Waals surface area contributed by atoms with Crippen molar-refractivity contribution >= 4 is 50.5 Å². The Morgan fingerprint density at radius 2 is 1.86 bits per heavy atom. The number of hydrogen-bond acceptors (Lipinski definition) is 4. The van der Waals surface area contributed by atoms with Gasteiger partial charge in [0.1, 0.15) is 11.3 Å². The van der Waals surface area contributed by atoms with E-state index in [1.807, 2.05) is 23.6 Å². The lowest BCUT2D eigenvalue weighted by molar-refractivity contribution is 0.0948. The Labute approximate surface area is 175 Å². The zero-order valence-electron chi connectivity index (χ0n) is 14.5. The zero-order chi connectivity index (χ0) is 19.5. The van der Waals surface area contributed by atoms with E-state index >= 15 is 0 Å². The molecule has 2 aromatic heterocycles. The molecule has 140 valence electrons. The molecule has 2 aromatic carbocycles. The summed E-state index contributed by atoms with van der Waals surface area (Å²) in [4.78, 5) is 16.9. The normalized spacial score (nSPS) is 10.8. The van der Waals surface area contributed by atoms with E-state index in [-0.39, 0.29) is 11.8 Å². The van der Waals surface area contributed by atoms with Gasteiger partial charge in [-0.1, -0.05) is 23.2 Å². The highest BCUT2D eigenvalue weighted by Gasteiger charge is 2.15. The SMILES string of the molecule is O=C(NCc1csc2ccc(Cl)cc12)c1cccnc1Oc1ccc(Cl)cc1. The molecule has 1 amide bonds. The molecule has 0 bridgehead atoms. The minimum atomic E-state index is -0.265. The average molecular weight is 429 g/mol. The molecule has 0 atom stereocenters. The minimum absolute atomic E-state index is 0.237. The maximum absolute atomic E-state index is 12.7. The van der Waals surface area contributed by atoms with Crippen molar-refractivity contribution in [2.75, 3.05) is 0 Å². The van der Waals surface area contributed by atoms with Crippen molar-refractivity contribution in [3.63, 3.8) is 0 Å². The largest absolute Gasteiger partial charge is 0.438 e. The highest BCUT2D eigenvalue weighted by molar-refractivity contribution is 7.17. The van der Waals surface area contributed by atoms with Crippen LogP contribution in [0.2, 0.25) is 10.0 Å². The number of fused-ring (bicyclic) bond motifs is 1. The molecule has 4 rings (SSSR count). The second kappa shape index (κ2) is 8.19. The van der Waals surface area contributed by atoms with Gasteiger partial charge in [0.15, 0.2) is 0 Å². The second-order valence-electron chi connectivity index (χ2n) is 6.00. The molecule has 0 saturated carbocycles. The number of benzene rings is 2. The van der Waals surface area contributed by atoms with Gasteiger partial charge in [0.2, 0.25) is 5.88 Å². The van der Waals surface area contributed by atoms with Crippen molar-refractivity contribution in [2.45, 2.75) is 6.54 Å². The van der Waals surface area contributed by atoms with Gasteiger partial charge in [-0.2, -0.15) is 0 Å². The molecule has 0 unspecified atom stereocenters. The van der Waals surface area contributed by atoms with Crippen molar-refractivity contribution in [3.05, 3.63) is 87.3 Å². The lowest BCUT2D eigenvalue weighted by atomic mass is 10.1. The first-order valence-electron chi connectivity index (χ1n) is 8.42. The number of carbonyl (C=O) groups is 1. The van der Waals surface area contributed by atoms with Crippen LogP contribution in [-0.2, 0) is 6.54 Å². The number of rotatable bonds is 5. The molecule has 0 saturated heterocycles. The maximum Gasteiger partial charge on any atom is 0.257 e. The van der Waals surface area contributed by atoms with Gasteiger partial charge in [-0.3, -0.25) is 4.79 Å². The zero-order valence-corrected chi connectivity index (χ0v) is 16.8. The maximum atomic E-state index is 12.7. The van der Waals surface area contributed by atoms with Gasteiger partial charge in [-0.05, 0) is 70.9 Å². The van der Waals surface area contributed by atoms with Crippen LogP contribution >= 0.6 is 34.5 Å². The monoisotopic (exact) mass is 428 g/mol. The average Bonchev–Trinajstić information content (AvgIpc) is 3.10. The summed E-state index contributed by atoms with van der Waals surface area (Å²) in [5, 5.41) is 7.28. The molecule has 0 spiro atoms.